The molecule has 3 aromatic carbocycles. The molecule has 1 aliphatic rings. The monoisotopic (exact) mass is 390 g/mol. The fourth-order valence-corrected chi connectivity index (χ4v) is 2.85. The Morgan fingerprint density at radius 3 is 2.34 bits per heavy atom. The molecular formula is C22H19FN4O2. The molecule has 1 heterocycles. The van der Waals surface area contributed by atoms with E-state index >= 15 is 0 Å². The highest BCUT2D eigenvalue weighted by atomic mass is 19.1. The number of halogens is 1. The van der Waals surface area contributed by atoms with Crippen LogP contribution in [0.3, 0.4) is 0 Å². The largest absolute Gasteiger partial charge is 0.457 e. The average Bonchev–Trinajstić information content (AvgIpc) is 2.72. The van der Waals surface area contributed by atoms with Crippen LogP contribution in [0.15, 0.2) is 89.7 Å². The van der Waals surface area contributed by atoms with Crippen LogP contribution in [0.1, 0.15) is 0 Å². The number of aliphatic imine (C=N–C) groups is 1. The van der Waals surface area contributed by atoms with Gasteiger partial charge in [-0.15, -0.1) is 0 Å². The number of para-hydroxylation sites is 1. The molecule has 0 amide bonds. The molecule has 0 aliphatic carbocycles. The Hall–Kier alpha value is -3.84. The Morgan fingerprint density at radius 2 is 1.62 bits per heavy atom. The number of hydrogen-bond donors (Lipinski definition) is 2. The van der Waals surface area contributed by atoms with Crippen molar-refractivity contribution in [2.24, 2.45) is 10.7 Å². The summed E-state index contributed by atoms with van der Waals surface area (Å²) in [4.78, 5) is 5.84. The van der Waals surface area contributed by atoms with Crippen molar-refractivity contribution >= 4 is 17.6 Å². The normalized spacial score (nSPS) is 15.7. The van der Waals surface area contributed by atoms with Gasteiger partial charge in [-0.1, -0.05) is 18.2 Å². The van der Waals surface area contributed by atoms with Crippen LogP contribution in [0, 0.1) is 5.82 Å². The average molecular weight is 390 g/mol. The van der Waals surface area contributed by atoms with Gasteiger partial charge in [-0.25, -0.2) is 4.39 Å². The standard InChI is InChI=1S/C22H19FN4O2/c23-19-14-15(24)6-11-20(19)29-21-12-13-26-22(25)27(21)16-7-9-18(10-8-16)28-17-4-2-1-3-5-17/h1-14,22H,24-25H2. The lowest BCUT2D eigenvalue weighted by molar-refractivity contribution is 0.367. The molecule has 6 nitrogen and oxygen atoms in total. The van der Waals surface area contributed by atoms with Crippen molar-refractivity contribution in [2.75, 3.05) is 10.6 Å². The molecule has 3 aromatic rings. The second-order valence-electron chi connectivity index (χ2n) is 6.29. The van der Waals surface area contributed by atoms with Gasteiger partial charge in [0.25, 0.3) is 0 Å². The Balaban J connectivity index is 1.56. The van der Waals surface area contributed by atoms with Crippen molar-refractivity contribution in [1.82, 2.24) is 0 Å². The van der Waals surface area contributed by atoms with Crippen molar-refractivity contribution in [3.63, 3.8) is 0 Å². The minimum Gasteiger partial charge on any atom is -0.457 e. The Kier molecular flexibility index (Phi) is 5.13. The molecule has 7 heteroatoms. The van der Waals surface area contributed by atoms with Gasteiger partial charge >= 0.3 is 0 Å². The first-order chi connectivity index (χ1) is 14.1. The van der Waals surface area contributed by atoms with E-state index < -0.39 is 12.1 Å². The van der Waals surface area contributed by atoms with E-state index in [-0.39, 0.29) is 5.75 Å². The van der Waals surface area contributed by atoms with Gasteiger partial charge in [-0.05, 0) is 48.5 Å². The number of anilines is 2. The van der Waals surface area contributed by atoms with Crippen molar-refractivity contribution in [3.05, 3.63) is 90.6 Å². The summed E-state index contributed by atoms with van der Waals surface area (Å²) in [7, 11) is 0. The lowest BCUT2D eigenvalue weighted by Gasteiger charge is -2.31. The van der Waals surface area contributed by atoms with Gasteiger partial charge in [-0.3, -0.25) is 15.6 Å². The Labute approximate surface area is 167 Å². The van der Waals surface area contributed by atoms with E-state index in [0.29, 0.717) is 17.3 Å². The summed E-state index contributed by atoms with van der Waals surface area (Å²) in [5, 5.41) is 0. The third-order valence-electron chi connectivity index (χ3n) is 4.22. The number of rotatable bonds is 5. The maximum absolute atomic E-state index is 14.2. The van der Waals surface area contributed by atoms with Gasteiger partial charge in [-0.2, -0.15) is 0 Å². The molecule has 1 unspecified atom stereocenters. The zero-order valence-corrected chi connectivity index (χ0v) is 15.4. The minimum atomic E-state index is -0.715. The highest BCUT2D eigenvalue weighted by Crippen LogP contribution is 2.30. The predicted molar refractivity (Wildman–Crippen MR) is 111 cm³/mol. The summed E-state index contributed by atoms with van der Waals surface area (Å²) in [6.45, 7) is 0. The third-order valence-corrected chi connectivity index (χ3v) is 4.22. The molecule has 0 fully saturated rings. The van der Waals surface area contributed by atoms with E-state index in [2.05, 4.69) is 4.99 Å². The second-order valence-corrected chi connectivity index (χ2v) is 6.29. The molecule has 4 N–H and O–H groups in total. The molecule has 0 saturated heterocycles. The second kappa shape index (κ2) is 8.04. The van der Waals surface area contributed by atoms with Crippen LogP contribution in [0.5, 0.6) is 17.2 Å². The van der Waals surface area contributed by atoms with E-state index in [9.17, 15) is 4.39 Å². The number of benzene rings is 3. The van der Waals surface area contributed by atoms with Crippen LogP contribution in [0.4, 0.5) is 15.8 Å². The van der Waals surface area contributed by atoms with Crippen LogP contribution in [0.25, 0.3) is 0 Å². The molecule has 1 aliphatic heterocycles. The highest BCUT2D eigenvalue weighted by Gasteiger charge is 2.23. The number of ether oxygens (including phenoxy) is 2. The van der Waals surface area contributed by atoms with Crippen LogP contribution in [0.2, 0.25) is 0 Å². The minimum absolute atomic E-state index is 0.0435. The molecule has 0 saturated carbocycles. The topological polar surface area (TPSA) is 86.1 Å². The van der Waals surface area contributed by atoms with E-state index in [1.165, 1.54) is 18.3 Å². The maximum Gasteiger partial charge on any atom is 0.204 e. The van der Waals surface area contributed by atoms with Gasteiger partial charge < -0.3 is 15.2 Å². The van der Waals surface area contributed by atoms with Gasteiger partial charge in [0, 0.05) is 29.7 Å². The summed E-state index contributed by atoms with van der Waals surface area (Å²) < 4.78 is 25.7. The fraction of sp³-hybridized carbons (Fsp3) is 0.0455. The summed E-state index contributed by atoms with van der Waals surface area (Å²) in [6.07, 6.45) is 2.43. The zero-order valence-electron chi connectivity index (χ0n) is 15.4. The van der Waals surface area contributed by atoms with Crippen molar-refractivity contribution < 1.29 is 13.9 Å². The first kappa shape index (κ1) is 18.5. The van der Waals surface area contributed by atoms with Crippen LogP contribution < -0.4 is 25.8 Å². The lowest BCUT2D eigenvalue weighted by Crippen LogP contribution is -2.43. The highest BCUT2D eigenvalue weighted by molar-refractivity contribution is 5.76. The molecule has 0 bridgehead atoms. The van der Waals surface area contributed by atoms with Crippen LogP contribution in [-0.2, 0) is 0 Å². The van der Waals surface area contributed by atoms with Gasteiger partial charge in [0.2, 0.25) is 5.88 Å². The number of allylic oxidation sites excluding steroid dienone is 1. The third kappa shape index (κ3) is 4.20. The Bertz CT molecular complexity index is 1050. The number of nitrogen functional groups attached to an aromatic ring is 1. The van der Waals surface area contributed by atoms with Crippen LogP contribution >= 0.6 is 0 Å². The molecule has 0 aromatic heterocycles. The first-order valence-corrected chi connectivity index (χ1v) is 8.94. The van der Waals surface area contributed by atoms with E-state index in [1.807, 2.05) is 54.6 Å². The number of hydrogen-bond acceptors (Lipinski definition) is 6. The van der Waals surface area contributed by atoms with E-state index in [0.717, 1.165) is 11.4 Å². The molecule has 4 rings (SSSR count). The van der Waals surface area contributed by atoms with E-state index in [4.69, 9.17) is 20.9 Å². The molecule has 0 radical (unpaired) electrons. The summed E-state index contributed by atoms with van der Waals surface area (Å²) in [6, 6.07) is 21.0. The van der Waals surface area contributed by atoms with Crippen molar-refractivity contribution in [3.8, 4) is 17.2 Å². The van der Waals surface area contributed by atoms with Gasteiger partial charge in [0.15, 0.2) is 17.9 Å². The Morgan fingerprint density at radius 1 is 0.897 bits per heavy atom. The van der Waals surface area contributed by atoms with Gasteiger partial charge in [0.05, 0.1) is 0 Å². The smallest absolute Gasteiger partial charge is 0.204 e. The fourth-order valence-electron chi connectivity index (χ4n) is 2.85. The van der Waals surface area contributed by atoms with Gasteiger partial charge in [0.1, 0.15) is 11.5 Å². The number of nitrogens with zero attached hydrogens (tertiary/aromatic N) is 2. The number of nitrogens with two attached hydrogens (primary N) is 2. The molecule has 0 spiro atoms. The molecule has 29 heavy (non-hydrogen) atoms. The predicted octanol–water partition coefficient (Wildman–Crippen LogP) is 4.25. The molecule has 1 atom stereocenters. The summed E-state index contributed by atoms with van der Waals surface area (Å²) in [5.74, 6) is 1.23. The zero-order chi connectivity index (χ0) is 20.2. The molecular weight excluding hydrogens is 371 g/mol. The summed E-state index contributed by atoms with van der Waals surface area (Å²) >= 11 is 0. The first-order valence-electron chi connectivity index (χ1n) is 8.94. The van der Waals surface area contributed by atoms with Crippen molar-refractivity contribution in [2.45, 2.75) is 6.29 Å². The summed E-state index contributed by atoms with van der Waals surface area (Å²) in [5.41, 5.74) is 12.8. The molecule has 146 valence electrons. The quantitative estimate of drug-likeness (QED) is 0.636. The van der Waals surface area contributed by atoms with Crippen molar-refractivity contribution in [1.29, 1.82) is 0 Å². The van der Waals surface area contributed by atoms with Crippen LogP contribution in [-0.4, -0.2) is 12.5 Å². The lowest BCUT2D eigenvalue weighted by atomic mass is 10.2. The SMILES string of the molecule is Nc1ccc(OC2=CC=NC(N)N2c2ccc(Oc3ccccc3)cc2)c(F)c1. The maximum atomic E-state index is 14.2. The van der Waals surface area contributed by atoms with E-state index in [1.54, 1.807) is 17.0 Å².